The lowest BCUT2D eigenvalue weighted by Crippen LogP contribution is -2.45. The SMILES string of the molecule is O=C1NC(=O)C(=CC23C=NN4C(=NC5CC5)NC(=NCC5=C(c6ccco6)C=CCC5)NC2C43)N1. The van der Waals surface area contributed by atoms with Crippen molar-refractivity contribution in [1.82, 2.24) is 26.3 Å². The summed E-state index contributed by atoms with van der Waals surface area (Å²) in [7, 11) is 0. The number of aliphatic imine (C=N–C) groups is 2. The summed E-state index contributed by atoms with van der Waals surface area (Å²) in [5, 5.41) is 18.2. The Hall–Kier alpha value is -4.15. The van der Waals surface area contributed by atoms with E-state index in [1.807, 2.05) is 23.4 Å². The Morgan fingerprint density at radius 1 is 1.26 bits per heavy atom. The highest BCUT2D eigenvalue weighted by Gasteiger charge is 2.71. The van der Waals surface area contributed by atoms with Crippen molar-refractivity contribution in [3.05, 3.63) is 53.7 Å². The number of rotatable bonds is 5. The van der Waals surface area contributed by atoms with Gasteiger partial charge < -0.3 is 15.1 Å². The van der Waals surface area contributed by atoms with Crippen LogP contribution in [0.5, 0.6) is 0 Å². The minimum Gasteiger partial charge on any atom is -0.464 e. The van der Waals surface area contributed by atoms with Crippen molar-refractivity contribution >= 4 is 35.6 Å². The van der Waals surface area contributed by atoms with Crippen LogP contribution in [0.15, 0.2) is 67.4 Å². The number of amides is 3. The molecule has 11 heteroatoms. The number of carbonyl (C=O) groups is 2. The van der Waals surface area contributed by atoms with E-state index in [0.717, 1.165) is 37.0 Å². The number of imide groups is 1. The van der Waals surface area contributed by atoms with E-state index < -0.39 is 17.4 Å². The second-order valence-electron chi connectivity index (χ2n) is 9.53. The van der Waals surface area contributed by atoms with Crippen LogP contribution in [0.2, 0.25) is 0 Å². The van der Waals surface area contributed by atoms with Gasteiger partial charge in [-0.3, -0.25) is 15.4 Å². The lowest BCUT2D eigenvalue weighted by atomic mass is 9.96. The zero-order valence-corrected chi connectivity index (χ0v) is 18.8. The van der Waals surface area contributed by atoms with E-state index in [9.17, 15) is 9.59 Å². The molecule has 3 unspecified atom stereocenters. The van der Waals surface area contributed by atoms with Crippen LogP contribution in [0.25, 0.3) is 5.57 Å². The van der Waals surface area contributed by atoms with Gasteiger partial charge in [0.25, 0.3) is 5.91 Å². The van der Waals surface area contributed by atoms with Crippen LogP contribution in [-0.2, 0) is 4.79 Å². The molecule has 2 saturated heterocycles. The predicted octanol–water partition coefficient (Wildman–Crippen LogP) is 1.21. The molecule has 1 aromatic heterocycles. The Bertz CT molecular complexity index is 1300. The fraction of sp³-hybridized carbons (Fsp3) is 0.375. The molecule has 35 heavy (non-hydrogen) atoms. The average Bonchev–Trinajstić information content (AvgIpc) is 3.56. The van der Waals surface area contributed by atoms with Crippen LogP contribution in [0.3, 0.4) is 0 Å². The first kappa shape index (κ1) is 20.2. The molecule has 6 aliphatic rings. The van der Waals surface area contributed by atoms with E-state index in [2.05, 4.69) is 38.5 Å². The molecular formula is C24H24N8O3. The maximum atomic E-state index is 12.2. The highest BCUT2D eigenvalue weighted by Crippen LogP contribution is 2.54. The molecule has 11 nitrogen and oxygen atoms in total. The summed E-state index contributed by atoms with van der Waals surface area (Å²) in [5.74, 6) is 1.69. The van der Waals surface area contributed by atoms with Crippen LogP contribution in [0.4, 0.5) is 4.79 Å². The zero-order chi connectivity index (χ0) is 23.6. The molecule has 3 atom stereocenters. The molecule has 7 rings (SSSR count). The fourth-order valence-electron chi connectivity index (χ4n) is 5.12. The van der Waals surface area contributed by atoms with Gasteiger partial charge in [0.2, 0.25) is 5.96 Å². The van der Waals surface area contributed by atoms with Crippen LogP contribution in [-0.4, -0.2) is 59.8 Å². The van der Waals surface area contributed by atoms with Crippen LogP contribution < -0.4 is 21.3 Å². The highest BCUT2D eigenvalue weighted by molar-refractivity contribution is 6.12. The summed E-state index contributed by atoms with van der Waals surface area (Å²) in [6.45, 7) is 0.511. The molecule has 2 saturated carbocycles. The van der Waals surface area contributed by atoms with E-state index in [1.54, 1.807) is 12.3 Å². The molecule has 0 bridgehead atoms. The molecule has 178 valence electrons. The third kappa shape index (κ3) is 3.37. The summed E-state index contributed by atoms with van der Waals surface area (Å²) in [6, 6.07) is 3.50. The summed E-state index contributed by atoms with van der Waals surface area (Å²) >= 11 is 0. The number of urea groups is 1. The van der Waals surface area contributed by atoms with Crippen molar-refractivity contribution in [3.63, 3.8) is 0 Å². The number of fused-ring (bicyclic) bond motifs is 1. The van der Waals surface area contributed by atoms with Crippen LogP contribution >= 0.6 is 0 Å². The number of hydrazone groups is 1. The van der Waals surface area contributed by atoms with Crippen molar-refractivity contribution in [2.75, 3.05) is 6.54 Å². The van der Waals surface area contributed by atoms with Gasteiger partial charge >= 0.3 is 6.03 Å². The van der Waals surface area contributed by atoms with Gasteiger partial charge in [0.15, 0.2) is 5.96 Å². The topological polar surface area (TPSA) is 136 Å². The number of carbonyl (C=O) groups excluding carboxylic acids is 2. The molecule has 4 N–H and O–H groups in total. The maximum Gasteiger partial charge on any atom is 0.326 e. The average molecular weight is 473 g/mol. The smallest absolute Gasteiger partial charge is 0.326 e. The number of nitrogens with one attached hydrogen (secondary N) is 4. The van der Waals surface area contributed by atoms with Crippen molar-refractivity contribution in [2.45, 2.75) is 43.8 Å². The lowest BCUT2D eigenvalue weighted by molar-refractivity contribution is -0.115. The van der Waals surface area contributed by atoms with E-state index in [0.29, 0.717) is 18.5 Å². The highest BCUT2D eigenvalue weighted by atomic mass is 16.3. The van der Waals surface area contributed by atoms with Crippen molar-refractivity contribution in [1.29, 1.82) is 0 Å². The first-order valence-corrected chi connectivity index (χ1v) is 11.9. The lowest BCUT2D eigenvalue weighted by Gasteiger charge is -2.19. The van der Waals surface area contributed by atoms with Gasteiger partial charge in [-0.2, -0.15) is 5.10 Å². The number of guanidine groups is 2. The molecule has 3 aliphatic carbocycles. The maximum absolute atomic E-state index is 12.2. The molecular weight excluding hydrogens is 448 g/mol. The van der Waals surface area contributed by atoms with Gasteiger partial charge in [-0.05, 0) is 49.5 Å². The van der Waals surface area contributed by atoms with Gasteiger partial charge in [0.1, 0.15) is 11.5 Å². The summed E-state index contributed by atoms with van der Waals surface area (Å²) in [6.07, 6.45) is 13.6. The van der Waals surface area contributed by atoms with Gasteiger partial charge in [-0.1, -0.05) is 12.2 Å². The van der Waals surface area contributed by atoms with Gasteiger partial charge in [0, 0.05) is 11.8 Å². The minimum absolute atomic E-state index is 0.0616. The third-order valence-corrected chi connectivity index (χ3v) is 7.13. The Morgan fingerprint density at radius 2 is 2.17 bits per heavy atom. The molecule has 0 spiro atoms. The first-order chi connectivity index (χ1) is 17.1. The van der Waals surface area contributed by atoms with E-state index in [1.165, 1.54) is 5.57 Å². The van der Waals surface area contributed by atoms with Crippen molar-refractivity contribution < 1.29 is 14.0 Å². The first-order valence-electron chi connectivity index (χ1n) is 11.9. The Kier molecular flexibility index (Phi) is 4.29. The van der Waals surface area contributed by atoms with Crippen LogP contribution in [0.1, 0.15) is 31.4 Å². The van der Waals surface area contributed by atoms with Crippen molar-refractivity contribution in [3.8, 4) is 0 Å². The van der Waals surface area contributed by atoms with Gasteiger partial charge in [-0.15, -0.1) is 0 Å². The standard InChI is InChI=1S/C24H24N8O3/c33-20-16(28-23(34)30-20)10-24-12-26-32-19(24)18(24)29-21(31-22(32)27-14-7-8-14)25-11-13-4-1-2-5-15(13)17-6-3-9-35-17/h2-3,5-6,9-10,12,14,18-19H,1,4,7-8,11H2,(H2,25,27,29,31)(H2,28,30,33,34). The molecule has 4 heterocycles. The quantitative estimate of drug-likeness (QED) is 0.376. The normalized spacial score (nSPS) is 34.2. The Morgan fingerprint density at radius 3 is 2.94 bits per heavy atom. The van der Waals surface area contributed by atoms with Crippen LogP contribution in [0, 0.1) is 5.41 Å². The molecule has 1 aromatic rings. The number of hydrogen-bond donors (Lipinski definition) is 4. The molecule has 0 aromatic carbocycles. The zero-order valence-electron chi connectivity index (χ0n) is 18.8. The number of allylic oxidation sites excluding steroid dienone is 3. The number of hydrogen-bond acceptors (Lipinski definition) is 6. The third-order valence-electron chi connectivity index (χ3n) is 7.13. The largest absolute Gasteiger partial charge is 0.464 e. The van der Waals surface area contributed by atoms with E-state index in [4.69, 9.17) is 14.4 Å². The fourth-order valence-corrected chi connectivity index (χ4v) is 5.12. The number of furan rings is 1. The van der Waals surface area contributed by atoms with Crippen molar-refractivity contribution in [2.24, 2.45) is 20.5 Å². The molecule has 0 radical (unpaired) electrons. The molecule has 3 amide bonds. The molecule has 4 fully saturated rings. The predicted molar refractivity (Wildman–Crippen MR) is 128 cm³/mol. The number of nitrogens with zero attached hydrogens (tertiary/aromatic N) is 4. The minimum atomic E-state index is -0.538. The second-order valence-corrected chi connectivity index (χ2v) is 9.53. The second kappa shape index (κ2) is 7.42. The molecule has 3 aliphatic heterocycles. The summed E-state index contributed by atoms with van der Waals surface area (Å²) in [4.78, 5) is 33.5. The van der Waals surface area contributed by atoms with E-state index in [-0.39, 0.29) is 23.8 Å². The Balaban J connectivity index is 1.20. The van der Waals surface area contributed by atoms with Gasteiger partial charge in [-0.25, -0.2) is 19.8 Å². The monoisotopic (exact) mass is 472 g/mol. The van der Waals surface area contributed by atoms with Gasteiger partial charge in [0.05, 0.1) is 36.3 Å². The summed E-state index contributed by atoms with van der Waals surface area (Å²) < 4.78 is 5.64. The Labute approximate surface area is 200 Å². The van der Waals surface area contributed by atoms with E-state index >= 15 is 0 Å². The summed E-state index contributed by atoms with van der Waals surface area (Å²) in [5.41, 5.74) is 1.99.